The van der Waals surface area contributed by atoms with Gasteiger partial charge in [0.2, 0.25) is 11.9 Å². The molecule has 0 fully saturated rings. The molecule has 1 aliphatic heterocycles. The minimum atomic E-state index is -0.555. The number of aromatic nitrogens is 3. The van der Waals surface area contributed by atoms with Gasteiger partial charge in [0.15, 0.2) is 5.82 Å². The molecule has 8 nitrogen and oxygen atoms in total. The van der Waals surface area contributed by atoms with Gasteiger partial charge in [0.25, 0.3) is 0 Å². The molecular formula is C23H25N5O3. The zero-order valence-electron chi connectivity index (χ0n) is 17.8. The predicted molar refractivity (Wildman–Crippen MR) is 118 cm³/mol. The number of hydrogen-bond donors (Lipinski definition) is 2. The Morgan fingerprint density at radius 1 is 1.10 bits per heavy atom. The van der Waals surface area contributed by atoms with Gasteiger partial charge < -0.3 is 20.5 Å². The molecule has 1 aromatic heterocycles. The first kappa shape index (κ1) is 20.5. The van der Waals surface area contributed by atoms with Gasteiger partial charge in [0.1, 0.15) is 17.5 Å². The molecule has 0 spiro atoms. The summed E-state index contributed by atoms with van der Waals surface area (Å²) in [7, 11) is 0. The Balaban J connectivity index is 1.83. The molecule has 1 atom stereocenters. The second-order valence-corrected chi connectivity index (χ2v) is 7.06. The molecule has 160 valence electrons. The molecule has 2 aromatic carbocycles. The molecule has 1 aliphatic rings. The van der Waals surface area contributed by atoms with Crippen LogP contribution >= 0.6 is 0 Å². The summed E-state index contributed by atoms with van der Waals surface area (Å²) < 4.78 is 13.0. The number of carbonyl (C=O) groups is 1. The Hall–Kier alpha value is -3.81. The number of nitrogens with zero attached hydrogens (tertiary/aromatic N) is 3. The molecule has 4 rings (SSSR count). The molecule has 31 heavy (non-hydrogen) atoms. The van der Waals surface area contributed by atoms with Crippen LogP contribution in [0.3, 0.4) is 0 Å². The molecular weight excluding hydrogens is 394 g/mol. The summed E-state index contributed by atoms with van der Waals surface area (Å²) in [5.41, 5.74) is 8.47. The largest absolute Gasteiger partial charge is 0.494 e. The van der Waals surface area contributed by atoms with E-state index in [4.69, 9.17) is 20.3 Å². The second-order valence-electron chi connectivity index (χ2n) is 7.06. The zero-order valence-corrected chi connectivity index (χ0v) is 17.8. The highest BCUT2D eigenvalue weighted by atomic mass is 16.5. The van der Waals surface area contributed by atoms with Crippen molar-refractivity contribution in [2.75, 3.05) is 18.5 Å². The molecule has 3 N–H and O–H groups in total. The van der Waals surface area contributed by atoms with Gasteiger partial charge in [-0.2, -0.15) is 4.98 Å². The van der Waals surface area contributed by atoms with Crippen molar-refractivity contribution in [3.8, 4) is 22.9 Å². The van der Waals surface area contributed by atoms with Crippen LogP contribution in [0.4, 0.5) is 5.95 Å². The number of benzene rings is 2. The highest BCUT2D eigenvalue weighted by molar-refractivity contribution is 5.95. The lowest BCUT2D eigenvalue weighted by Gasteiger charge is -2.28. The van der Waals surface area contributed by atoms with Crippen LogP contribution in [0.2, 0.25) is 0 Å². The van der Waals surface area contributed by atoms with Crippen LogP contribution in [-0.2, 0) is 4.79 Å². The average molecular weight is 419 g/mol. The lowest BCUT2D eigenvalue weighted by Crippen LogP contribution is -2.32. The van der Waals surface area contributed by atoms with Gasteiger partial charge >= 0.3 is 0 Å². The van der Waals surface area contributed by atoms with Crippen LogP contribution in [-0.4, -0.2) is 33.9 Å². The van der Waals surface area contributed by atoms with E-state index in [2.05, 4.69) is 10.3 Å². The number of para-hydroxylation sites is 1. The maximum Gasteiger partial charge on any atom is 0.248 e. The summed E-state index contributed by atoms with van der Waals surface area (Å²) in [5.74, 6) is 1.99. The molecule has 0 aliphatic carbocycles. The number of hydrogen-bond acceptors (Lipinski definition) is 6. The van der Waals surface area contributed by atoms with Gasteiger partial charge in [-0.3, -0.25) is 4.79 Å². The first-order valence-electron chi connectivity index (χ1n) is 10.2. The number of fused-ring (bicyclic) bond motifs is 1. The Bertz CT molecular complexity index is 1130. The first-order valence-corrected chi connectivity index (χ1v) is 10.2. The van der Waals surface area contributed by atoms with Gasteiger partial charge in [0, 0.05) is 16.8 Å². The van der Waals surface area contributed by atoms with Crippen molar-refractivity contribution in [1.29, 1.82) is 0 Å². The van der Waals surface area contributed by atoms with E-state index in [1.54, 1.807) is 4.68 Å². The fourth-order valence-corrected chi connectivity index (χ4v) is 3.74. The minimum absolute atomic E-state index is 0.419. The summed E-state index contributed by atoms with van der Waals surface area (Å²) in [5, 5.41) is 7.89. The monoisotopic (exact) mass is 419 g/mol. The summed E-state index contributed by atoms with van der Waals surface area (Å²) in [6, 6.07) is 14.6. The van der Waals surface area contributed by atoms with Crippen molar-refractivity contribution in [3.63, 3.8) is 0 Å². The Morgan fingerprint density at radius 2 is 1.81 bits per heavy atom. The molecule has 0 saturated heterocycles. The molecule has 1 unspecified atom stereocenters. The van der Waals surface area contributed by atoms with Gasteiger partial charge in [-0.25, -0.2) is 4.68 Å². The quantitative estimate of drug-likeness (QED) is 0.607. The van der Waals surface area contributed by atoms with Crippen LogP contribution < -0.4 is 20.5 Å². The van der Waals surface area contributed by atoms with E-state index in [0.717, 1.165) is 16.9 Å². The Labute approximate surface area is 180 Å². The van der Waals surface area contributed by atoms with E-state index in [1.165, 1.54) is 0 Å². The number of allylic oxidation sites excluding steroid dienone is 1. The van der Waals surface area contributed by atoms with Gasteiger partial charge in [-0.05, 0) is 51.1 Å². The fraction of sp³-hybridized carbons (Fsp3) is 0.261. The van der Waals surface area contributed by atoms with Crippen LogP contribution in [0, 0.1) is 0 Å². The first-order chi connectivity index (χ1) is 15.0. The average Bonchev–Trinajstić information content (AvgIpc) is 3.17. The van der Waals surface area contributed by atoms with E-state index in [9.17, 15) is 4.79 Å². The van der Waals surface area contributed by atoms with Crippen LogP contribution in [0.1, 0.15) is 32.4 Å². The van der Waals surface area contributed by atoms with E-state index >= 15 is 0 Å². The third-order valence-corrected chi connectivity index (χ3v) is 5.05. The van der Waals surface area contributed by atoms with Gasteiger partial charge in [-0.1, -0.05) is 18.2 Å². The maximum absolute atomic E-state index is 12.4. The highest BCUT2D eigenvalue weighted by Crippen LogP contribution is 2.39. The van der Waals surface area contributed by atoms with Gasteiger partial charge in [-0.15, -0.1) is 5.10 Å². The van der Waals surface area contributed by atoms with Crippen molar-refractivity contribution < 1.29 is 14.3 Å². The van der Waals surface area contributed by atoms with Crippen LogP contribution in [0.5, 0.6) is 11.5 Å². The molecule has 0 radical (unpaired) electrons. The molecule has 0 bridgehead atoms. The van der Waals surface area contributed by atoms with Crippen LogP contribution in [0.15, 0.2) is 59.8 Å². The highest BCUT2D eigenvalue weighted by Gasteiger charge is 2.35. The smallest absolute Gasteiger partial charge is 0.248 e. The van der Waals surface area contributed by atoms with E-state index < -0.39 is 11.9 Å². The minimum Gasteiger partial charge on any atom is -0.494 e. The Morgan fingerprint density at radius 3 is 2.48 bits per heavy atom. The van der Waals surface area contributed by atoms with Crippen molar-refractivity contribution in [1.82, 2.24) is 14.8 Å². The van der Waals surface area contributed by atoms with Crippen molar-refractivity contribution in [3.05, 3.63) is 65.4 Å². The van der Waals surface area contributed by atoms with E-state index in [1.807, 2.05) is 69.3 Å². The topological polar surface area (TPSA) is 104 Å². The van der Waals surface area contributed by atoms with Crippen molar-refractivity contribution in [2.24, 2.45) is 5.73 Å². The number of rotatable bonds is 7. The number of nitrogens with one attached hydrogen (secondary N) is 1. The molecule has 0 saturated carbocycles. The summed E-state index contributed by atoms with van der Waals surface area (Å²) in [6.45, 7) is 6.77. The summed E-state index contributed by atoms with van der Waals surface area (Å²) >= 11 is 0. The number of ether oxygens (including phenoxy) is 2. The number of nitrogens with two attached hydrogens (primary N) is 1. The molecule has 8 heteroatoms. The zero-order chi connectivity index (χ0) is 22.0. The van der Waals surface area contributed by atoms with Crippen LogP contribution in [0.25, 0.3) is 11.4 Å². The molecule has 1 amide bonds. The third-order valence-electron chi connectivity index (χ3n) is 5.05. The Kier molecular flexibility index (Phi) is 5.62. The lowest BCUT2D eigenvalue weighted by molar-refractivity contribution is -0.115. The normalized spacial score (nSPS) is 15.3. The van der Waals surface area contributed by atoms with E-state index in [-0.39, 0.29) is 0 Å². The van der Waals surface area contributed by atoms with E-state index in [0.29, 0.717) is 42.0 Å². The number of carbonyl (C=O) groups excluding carboxylic acids is 1. The maximum atomic E-state index is 12.4. The molecule has 2 heterocycles. The summed E-state index contributed by atoms with van der Waals surface area (Å²) in [6.07, 6.45) is 0. The number of amides is 1. The number of primary amides is 1. The predicted octanol–water partition coefficient (Wildman–Crippen LogP) is 3.52. The summed E-state index contributed by atoms with van der Waals surface area (Å²) in [4.78, 5) is 17.1. The fourth-order valence-electron chi connectivity index (χ4n) is 3.74. The third kappa shape index (κ3) is 3.84. The lowest BCUT2D eigenvalue weighted by atomic mass is 9.94. The second kappa shape index (κ2) is 8.51. The van der Waals surface area contributed by atoms with Gasteiger partial charge in [0.05, 0.1) is 18.8 Å². The van der Waals surface area contributed by atoms with Crippen molar-refractivity contribution >= 4 is 11.9 Å². The SMILES string of the molecule is CCOc1ccc(-c2nc3n(n2)C(c2ccccc2OCC)C(C(N)=O)=C(C)N3)cc1. The number of anilines is 1. The van der Waals surface area contributed by atoms with Crippen molar-refractivity contribution in [2.45, 2.75) is 26.8 Å². The standard InChI is InChI=1S/C23H25N5O3/c1-4-30-16-12-10-15(11-13-16)22-26-23-25-14(3)19(21(24)29)20(28(23)27-22)17-8-6-7-9-18(17)31-5-2/h6-13,20H,4-5H2,1-3H3,(H2,24,29)(H,25,26,27). The molecule has 3 aromatic rings.